The summed E-state index contributed by atoms with van der Waals surface area (Å²) in [6, 6.07) is 2.12. The lowest BCUT2D eigenvalue weighted by Crippen LogP contribution is -2.42. The molecule has 1 saturated heterocycles. The van der Waals surface area contributed by atoms with E-state index in [1.54, 1.807) is 0 Å². The van der Waals surface area contributed by atoms with Crippen LogP contribution >= 0.6 is 11.8 Å². The van der Waals surface area contributed by atoms with Gasteiger partial charge in [0.1, 0.15) is 5.76 Å². The summed E-state index contributed by atoms with van der Waals surface area (Å²) < 4.78 is 6.03. The maximum Gasteiger partial charge on any atom is 0.122 e. The number of rotatable bonds is 4. The van der Waals surface area contributed by atoms with Crippen LogP contribution in [0, 0.1) is 0 Å². The molecule has 4 heteroatoms. The standard InChI is InChI=1S/C16H28N2OS/c1-15(2,3)17-10-14-13(6-8-19-14)11-18-7-9-20-16(4,5)12-18/h6,8,17H,7,9-12H2,1-5H3. The predicted octanol–water partition coefficient (Wildman–Crippen LogP) is 3.50. The predicted molar refractivity (Wildman–Crippen MR) is 87.1 cm³/mol. The minimum absolute atomic E-state index is 0.119. The van der Waals surface area contributed by atoms with Gasteiger partial charge in [0.25, 0.3) is 0 Å². The van der Waals surface area contributed by atoms with Crippen molar-refractivity contribution in [3.8, 4) is 0 Å². The number of nitrogens with zero attached hydrogens (tertiary/aromatic N) is 1. The highest BCUT2D eigenvalue weighted by Gasteiger charge is 2.27. The molecule has 20 heavy (non-hydrogen) atoms. The van der Waals surface area contributed by atoms with Crippen molar-refractivity contribution in [3.63, 3.8) is 0 Å². The van der Waals surface area contributed by atoms with E-state index in [1.807, 2.05) is 6.26 Å². The Balaban J connectivity index is 1.95. The number of thioether (sulfide) groups is 1. The molecule has 1 aromatic rings. The molecule has 0 amide bonds. The Bertz CT molecular complexity index is 434. The van der Waals surface area contributed by atoms with Crippen molar-refractivity contribution in [2.45, 2.75) is 58.0 Å². The zero-order chi connectivity index (χ0) is 14.8. The Morgan fingerprint density at radius 2 is 2.15 bits per heavy atom. The molecule has 0 unspecified atom stereocenters. The SMILES string of the molecule is CC(C)(C)NCc1occc1CN1CCSC(C)(C)C1. The summed E-state index contributed by atoms with van der Waals surface area (Å²) in [7, 11) is 0. The normalized spacial score (nSPS) is 20.2. The number of hydrogen-bond acceptors (Lipinski definition) is 4. The Morgan fingerprint density at radius 1 is 1.40 bits per heavy atom. The van der Waals surface area contributed by atoms with Gasteiger partial charge in [0.05, 0.1) is 12.8 Å². The van der Waals surface area contributed by atoms with Gasteiger partial charge < -0.3 is 9.73 Å². The Hall–Kier alpha value is -0.450. The van der Waals surface area contributed by atoms with Crippen LogP contribution in [0.3, 0.4) is 0 Å². The second-order valence-corrected chi connectivity index (χ2v) is 9.09. The monoisotopic (exact) mass is 296 g/mol. The second kappa shape index (κ2) is 6.12. The van der Waals surface area contributed by atoms with Gasteiger partial charge in [-0.3, -0.25) is 4.90 Å². The highest BCUT2D eigenvalue weighted by atomic mass is 32.2. The molecule has 1 N–H and O–H groups in total. The maximum atomic E-state index is 5.66. The summed E-state index contributed by atoms with van der Waals surface area (Å²) >= 11 is 2.08. The minimum atomic E-state index is 0.119. The third-order valence-electron chi connectivity index (χ3n) is 3.52. The minimum Gasteiger partial charge on any atom is -0.468 e. The molecule has 1 aromatic heterocycles. The largest absolute Gasteiger partial charge is 0.468 e. The fraction of sp³-hybridized carbons (Fsp3) is 0.750. The molecule has 0 spiro atoms. The molecule has 0 atom stereocenters. The quantitative estimate of drug-likeness (QED) is 0.920. The second-order valence-electron chi connectivity index (χ2n) is 7.29. The third-order valence-corrected chi connectivity index (χ3v) is 4.81. The van der Waals surface area contributed by atoms with Gasteiger partial charge in [-0.05, 0) is 40.7 Å². The van der Waals surface area contributed by atoms with Crippen LogP contribution in [-0.4, -0.2) is 34.0 Å². The molecule has 0 aromatic carbocycles. The molecular formula is C16H28N2OS. The van der Waals surface area contributed by atoms with Crippen LogP contribution in [0.2, 0.25) is 0 Å². The molecule has 0 aliphatic carbocycles. The van der Waals surface area contributed by atoms with Crippen molar-refractivity contribution >= 4 is 11.8 Å². The lowest BCUT2D eigenvalue weighted by Gasteiger charge is -2.37. The van der Waals surface area contributed by atoms with Gasteiger partial charge in [-0.1, -0.05) is 0 Å². The lowest BCUT2D eigenvalue weighted by atomic mass is 10.1. The summed E-state index contributed by atoms with van der Waals surface area (Å²) in [5, 5.41) is 3.50. The van der Waals surface area contributed by atoms with Crippen LogP contribution < -0.4 is 5.32 Å². The lowest BCUT2D eigenvalue weighted by molar-refractivity contribution is 0.249. The van der Waals surface area contributed by atoms with E-state index in [2.05, 4.69) is 62.7 Å². The summed E-state index contributed by atoms with van der Waals surface area (Å²) in [6.07, 6.45) is 1.82. The topological polar surface area (TPSA) is 28.4 Å². The van der Waals surface area contributed by atoms with E-state index in [1.165, 1.54) is 17.9 Å². The Kier molecular flexibility index (Phi) is 4.88. The van der Waals surface area contributed by atoms with Gasteiger partial charge in [-0.25, -0.2) is 0 Å². The molecular weight excluding hydrogens is 268 g/mol. The zero-order valence-electron chi connectivity index (χ0n) is 13.5. The third kappa shape index (κ3) is 4.83. The van der Waals surface area contributed by atoms with E-state index >= 15 is 0 Å². The summed E-state index contributed by atoms with van der Waals surface area (Å²) in [4.78, 5) is 2.54. The highest BCUT2D eigenvalue weighted by Crippen LogP contribution is 2.30. The number of nitrogens with one attached hydrogen (secondary N) is 1. The van der Waals surface area contributed by atoms with Gasteiger partial charge in [0, 0.05) is 41.2 Å². The fourth-order valence-electron chi connectivity index (χ4n) is 2.50. The van der Waals surface area contributed by atoms with Crippen LogP contribution in [0.5, 0.6) is 0 Å². The molecule has 0 saturated carbocycles. The molecule has 1 fully saturated rings. The van der Waals surface area contributed by atoms with Crippen LogP contribution in [0.1, 0.15) is 45.9 Å². The van der Waals surface area contributed by atoms with Crippen LogP contribution in [-0.2, 0) is 13.1 Å². The van der Waals surface area contributed by atoms with Crippen molar-refractivity contribution in [1.29, 1.82) is 0 Å². The highest BCUT2D eigenvalue weighted by molar-refractivity contribution is 8.00. The van der Waals surface area contributed by atoms with Gasteiger partial charge in [-0.15, -0.1) is 0 Å². The molecule has 3 nitrogen and oxygen atoms in total. The first-order chi connectivity index (χ1) is 9.25. The van der Waals surface area contributed by atoms with Crippen LogP contribution in [0.25, 0.3) is 0 Å². The maximum absolute atomic E-state index is 5.66. The van der Waals surface area contributed by atoms with Crippen molar-refractivity contribution < 1.29 is 4.42 Å². The van der Waals surface area contributed by atoms with E-state index in [9.17, 15) is 0 Å². The van der Waals surface area contributed by atoms with Gasteiger partial charge in [-0.2, -0.15) is 11.8 Å². The van der Waals surface area contributed by atoms with E-state index in [4.69, 9.17) is 4.42 Å². The number of furan rings is 1. The van der Waals surface area contributed by atoms with Gasteiger partial charge in [0.2, 0.25) is 0 Å². The average molecular weight is 296 g/mol. The Labute approximate surface area is 127 Å². The molecule has 0 radical (unpaired) electrons. The van der Waals surface area contributed by atoms with Crippen molar-refractivity contribution in [2.24, 2.45) is 0 Å². The fourth-order valence-corrected chi connectivity index (χ4v) is 3.67. The number of hydrogen-bond donors (Lipinski definition) is 1. The molecule has 0 bridgehead atoms. The van der Waals surface area contributed by atoms with E-state index in [-0.39, 0.29) is 5.54 Å². The summed E-state index contributed by atoms with van der Waals surface area (Å²) in [5.41, 5.74) is 1.44. The van der Waals surface area contributed by atoms with Crippen LogP contribution in [0.15, 0.2) is 16.7 Å². The van der Waals surface area contributed by atoms with Crippen molar-refractivity contribution in [3.05, 3.63) is 23.7 Å². The average Bonchev–Trinajstić information content (AvgIpc) is 2.71. The smallest absolute Gasteiger partial charge is 0.122 e. The van der Waals surface area contributed by atoms with E-state index < -0.39 is 0 Å². The van der Waals surface area contributed by atoms with Gasteiger partial charge >= 0.3 is 0 Å². The van der Waals surface area contributed by atoms with Crippen molar-refractivity contribution in [1.82, 2.24) is 10.2 Å². The van der Waals surface area contributed by atoms with Crippen LogP contribution in [0.4, 0.5) is 0 Å². The zero-order valence-corrected chi connectivity index (χ0v) is 14.3. The molecule has 2 heterocycles. The molecule has 114 valence electrons. The van der Waals surface area contributed by atoms with E-state index in [0.717, 1.165) is 25.4 Å². The molecule has 2 rings (SSSR count). The first-order valence-electron chi connectivity index (χ1n) is 7.42. The summed E-state index contributed by atoms with van der Waals surface area (Å²) in [5.74, 6) is 2.30. The first-order valence-corrected chi connectivity index (χ1v) is 8.40. The summed E-state index contributed by atoms with van der Waals surface area (Å²) in [6.45, 7) is 15.3. The molecule has 1 aliphatic rings. The molecule has 1 aliphatic heterocycles. The Morgan fingerprint density at radius 3 is 2.80 bits per heavy atom. The van der Waals surface area contributed by atoms with Gasteiger partial charge in [0.15, 0.2) is 0 Å². The van der Waals surface area contributed by atoms with Crippen molar-refractivity contribution in [2.75, 3.05) is 18.8 Å². The van der Waals surface area contributed by atoms with E-state index in [0.29, 0.717) is 4.75 Å². The first kappa shape index (κ1) is 15.9.